The van der Waals surface area contributed by atoms with Gasteiger partial charge in [-0.3, -0.25) is 9.69 Å². The van der Waals surface area contributed by atoms with Crippen molar-refractivity contribution in [3.63, 3.8) is 0 Å². The fourth-order valence-corrected chi connectivity index (χ4v) is 5.16. The van der Waals surface area contributed by atoms with Crippen LogP contribution in [0.1, 0.15) is 28.1 Å². The van der Waals surface area contributed by atoms with Crippen molar-refractivity contribution in [2.45, 2.75) is 26.8 Å². The number of hydrogen-bond acceptors (Lipinski definition) is 6. The van der Waals surface area contributed by atoms with Gasteiger partial charge in [-0.05, 0) is 44.0 Å². The molecular formula is C25H23Cl2N5O2S. The van der Waals surface area contributed by atoms with E-state index in [2.05, 4.69) is 16.2 Å². The molecule has 7 nitrogen and oxygen atoms in total. The van der Waals surface area contributed by atoms with Crippen molar-refractivity contribution in [1.82, 2.24) is 19.7 Å². The average molecular weight is 528 g/mol. The highest BCUT2D eigenvalue weighted by molar-refractivity contribution is 7.22. The van der Waals surface area contributed by atoms with E-state index in [0.717, 1.165) is 28.7 Å². The third-order valence-corrected chi connectivity index (χ3v) is 6.94. The summed E-state index contributed by atoms with van der Waals surface area (Å²) in [6.07, 6.45) is 6.15. The Morgan fingerprint density at radius 2 is 2.03 bits per heavy atom. The summed E-state index contributed by atoms with van der Waals surface area (Å²) in [4.78, 5) is 24.6. The molecule has 0 unspecified atom stereocenters. The Hall–Kier alpha value is -3.20. The number of benzene rings is 2. The number of rotatable bonds is 7. The molecule has 2 aromatic carbocycles. The first-order valence-electron chi connectivity index (χ1n) is 10.9. The minimum Gasteiger partial charge on any atom is -0.360 e. The number of halogens is 2. The van der Waals surface area contributed by atoms with Gasteiger partial charge in [-0.2, -0.15) is 0 Å². The van der Waals surface area contributed by atoms with Crippen molar-refractivity contribution in [2.75, 3.05) is 11.4 Å². The molecule has 0 saturated carbocycles. The molecule has 0 aliphatic heterocycles. The number of aromatic nitrogens is 4. The van der Waals surface area contributed by atoms with E-state index in [-0.39, 0.29) is 18.3 Å². The molecule has 0 aliphatic carbocycles. The standard InChI is InChI=1S/C25H22ClN5O2S.ClH/c1-16-8-9-20-21(14-16)34-25(28-20)31(12-5-11-30-13-10-27-15-30)24(32)22-17(2)33-29-23(22)18-6-3-4-7-19(18)26;/h3-4,6-10,13-15H,5,11-12H2,1-2H3;1H. The minimum atomic E-state index is -0.213. The summed E-state index contributed by atoms with van der Waals surface area (Å²) in [5.41, 5.74) is 3.50. The Labute approximate surface area is 217 Å². The highest BCUT2D eigenvalue weighted by Gasteiger charge is 2.29. The number of thiazole rings is 1. The number of nitrogens with zero attached hydrogens (tertiary/aromatic N) is 5. The predicted octanol–water partition coefficient (Wildman–Crippen LogP) is 6.58. The van der Waals surface area contributed by atoms with Crippen molar-refractivity contribution >= 4 is 56.6 Å². The van der Waals surface area contributed by atoms with E-state index in [4.69, 9.17) is 21.1 Å². The van der Waals surface area contributed by atoms with Crippen molar-refractivity contribution in [1.29, 1.82) is 0 Å². The van der Waals surface area contributed by atoms with Crippen LogP contribution in [0.2, 0.25) is 5.02 Å². The summed E-state index contributed by atoms with van der Waals surface area (Å²) in [6, 6.07) is 13.4. The maximum Gasteiger partial charge on any atom is 0.265 e. The summed E-state index contributed by atoms with van der Waals surface area (Å²) >= 11 is 7.93. The van der Waals surface area contributed by atoms with Crippen LogP contribution in [0.4, 0.5) is 5.13 Å². The molecule has 5 aromatic rings. The maximum absolute atomic E-state index is 14.0. The highest BCUT2D eigenvalue weighted by atomic mass is 35.5. The molecule has 5 rings (SSSR count). The number of hydrogen-bond donors (Lipinski definition) is 0. The summed E-state index contributed by atoms with van der Waals surface area (Å²) in [7, 11) is 0. The molecule has 0 spiro atoms. The van der Waals surface area contributed by atoms with Gasteiger partial charge in [0.1, 0.15) is 17.0 Å². The molecule has 0 saturated heterocycles. The molecule has 3 aromatic heterocycles. The predicted molar refractivity (Wildman–Crippen MR) is 142 cm³/mol. The van der Waals surface area contributed by atoms with Gasteiger partial charge in [-0.25, -0.2) is 9.97 Å². The smallest absolute Gasteiger partial charge is 0.265 e. The van der Waals surface area contributed by atoms with E-state index in [0.29, 0.717) is 39.3 Å². The number of imidazole rings is 1. The SMILES string of the molecule is Cc1ccc2nc(N(CCCn3ccnc3)C(=O)c3c(-c4ccccc4Cl)noc3C)sc2c1.Cl. The molecule has 0 atom stereocenters. The largest absolute Gasteiger partial charge is 0.360 e. The van der Waals surface area contributed by atoms with Gasteiger partial charge in [-0.1, -0.05) is 52.4 Å². The van der Waals surface area contributed by atoms with E-state index in [9.17, 15) is 4.79 Å². The molecule has 0 fully saturated rings. The zero-order valence-electron chi connectivity index (χ0n) is 19.1. The van der Waals surface area contributed by atoms with E-state index in [1.54, 1.807) is 30.4 Å². The first-order chi connectivity index (χ1) is 16.5. The lowest BCUT2D eigenvalue weighted by molar-refractivity contribution is 0.0985. The molecule has 3 heterocycles. The topological polar surface area (TPSA) is 77.1 Å². The Balaban J connectivity index is 0.00000289. The summed E-state index contributed by atoms with van der Waals surface area (Å²) in [6.45, 7) is 4.99. The van der Waals surface area contributed by atoms with E-state index >= 15 is 0 Å². The first kappa shape index (κ1) is 24.9. The van der Waals surface area contributed by atoms with Crippen molar-refractivity contribution in [3.05, 3.63) is 83.1 Å². The van der Waals surface area contributed by atoms with Gasteiger partial charge in [0.05, 0.1) is 21.6 Å². The first-order valence-corrected chi connectivity index (χ1v) is 12.1. The average Bonchev–Trinajstić information content (AvgIpc) is 3.56. The van der Waals surface area contributed by atoms with Crippen LogP contribution in [-0.4, -0.2) is 32.1 Å². The molecule has 1 amide bonds. The zero-order chi connectivity index (χ0) is 23.7. The zero-order valence-corrected chi connectivity index (χ0v) is 21.5. The normalized spacial score (nSPS) is 10.9. The number of carbonyl (C=O) groups excluding carboxylic acids is 1. The van der Waals surface area contributed by atoms with E-state index in [1.807, 2.05) is 48.0 Å². The third-order valence-electron chi connectivity index (χ3n) is 5.57. The van der Waals surface area contributed by atoms with Crippen LogP contribution in [0.3, 0.4) is 0 Å². The second-order valence-corrected chi connectivity index (χ2v) is 9.44. The summed E-state index contributed by atoms with van der Waals surface area (Å²) in [5.74, 6) is 0.228. The third kappa shape index (κ3) is 5.10. The van der Waals surface area contributed by atoms with Crippen LogP contribution in [0.5, 0.6) is 0 Å². The van der Waals surface area contributed by atoms with Gasteiger partial charge in [0.2, 0.25) is 0 Å². The number of aryl methyl sites for hydroxylation is 3. The summed E-state index contributed by atoms with van der Waals surface area (Å²) < 4.78 is 8.49. The lowest BCUT2D eigenvalue weighted by atomic mass is 10.1. The van der Waals surface area contributed by atoms with E-state index in [1.165, 1.54) is 11.3 Å². The Kier molecular flexibility index (Phi) is 7.54. The van der Waals surface area contributed by atoms with Crippen molar-refractivity contribution in [2.24, 2.45) is 0 Å². The molecule has 180 valence electrons. The maximum atomic E-state index is 14.0. The van der Waals surface area contributed by atoms with Crippen LogP contribution >= 0.6 is 35.3 Å². The second-order valence-electron chi connectivity index (χ2n) is 8.02. The molecule has 0 radical (unpaired) electrons. The van der Waals surface area contributed by atoms with Gasteiger partial charge in [-0.15, -0.1) is 12.4 Å². The van der Waals surface area contributed by atoms with Gasteiger partial charge >= 0.3 is 0 Å². The van der Waals surface area contributed by atoms with Gasteiger partial charge in [0.25, 0.3) is 5.91 Å². The van der Waals surface area contributed by atoms with Crippen LogP contribution in [0, 0.1) is 13.8 Å². The minimum absolute atomic E-state index is 0. The quantitative estimate of drug-likeness (QED) is 0.239. The second kappa shape index (κ2) is 10.6. The molecule has 0 bridgehead atoms. The lowest BCUT2D eigenvalue weighted by Gasteiger charge is -2.20. The lowest BCUT2D eigenvalue weighted by Crippen LogP contribution is -2.33. The summed E-state index contributed by atoms with van der Waals surface area (Å²) in [5, 5.41) is 5.33. The Bertz CT molecular complexity index is 1460. The fraction of sp³-hybridized carbons (Fsp3) is 0.200. The Morgan fingerprint density at radius 1 is 1.20 bits per heavy atom. The van der Waals surface area contributed by atoms with Gasteiger partial charge in [0, 0.05) is 31.0 Å². The van der Waals surface area contributed by atoms with Crippen LogP contribution < -0.4 is 4.90 Å². The fourth-order valence-electron chi connectivity index (χ4n) is 3.85. The van der Waals surface area contributed by atoms with Crippen LogP contribution in [-0.2, 0) is 6.54 Å². The van der Waals surface area contributed by atoms with E-state index < -0.39 is 0 Å². The van der Waals surface area contributed by atoms with Crippen LogP contribution in [0.15, 0.2) is 65.7 Å². The van der Waals surface area contributed by atoms with Crippen molar-refractivity contribution < 1.29 is 9.32 Å². The number of carbonyl (C=O) groups is 1. The molecular weight excluding hydrogens is 505 g/mol. The number of amides is 1. The van der Waals surface area contributed by atoms with Gasteiger partial charge < -0.3 is 9.09 Å². The Morgan fingerprint density at radius 3 is 2.80 bits per heavy atom. The number of fused-ring (bicyclic) bond motifs is 1. The van der Waals surface area contributed by atoms with Gasteiger partial charge in [0.15, 0.2) is 5.13 Å². The highest BCUT2D eigenvalue weighted by Crippen LogP contribution is 2.35. The number of anilines is 1. The monoisotopic (exact) mass is 527 g/mol. The molecule has 0 aliphatic rings. The molecule has 35 heavy (non-hydrogen) atoms. The van der Waals surface area contributed by atoms with Crippen LogP contribution in [0.25, 0.3) is 21.5 Å². The van der Waals surface area contributed by atoms with Crippen molar-refractivity contribution in [3.8, 4) is 11.3 Å². The molecule has 10 heteroatoms. The molecule has 0 N–H and O–H groups in total.